The molecule has 0 aromatic heterocycles. The SMILES string of the molecule is C[N-]C.C[N-]C.C[N-]C.C[N-]C.C[N-]C.C[N-]C.C[N-]C.C[N-]C.[V].[V]. The fourth-order valence-corrected chi connectivity index (χ4v) is 0. The van der Waals surface area contributed by atoms with Crippen LogP contribution >= 0.6 is 0 Å². The molecule has 0 fully saturated rings. The van der Waals surface area contributed by atoms with Crippen molar-refractivity contribution < 1.29 is 37.1 Å². The van der Waals surface area contributed by atoms with Crippen molar-refractivity contribution in [3.63, 3.8) is 0 Å². The molecule has 170 valence electrons. The molecule has 0 spiro atoms. The Morgan fingerprint density at radius 2 is 0.192 bits per heavy atom. The van der Waals surface area contributed by atoms with Gasteiger partial charge in [0.15, 0.2) is 0 Å². The monoisotopic (exact) mass is 454 g/mol. The quantitative estimate of drug-likeness (QED) is 0.493. The molecule has 0 aliphatic carbocycles. The summed E-state index contributed by atoms with van der Waals surface area (Å²) in [6.45, 7) is 0. The smallest absolute Gasteiger partial charge is 0 e. The Labute approximate surface area is 192 Å². The van der Waals surface area contributed by atoms with Crippen molar-refractivity contribution in [3.8, 4) is 0 Å². The van der Waals surface area contributed by atoms with Gasteiger partial charge in [-0.2, -0.15) is 113 Å². The summed E-state index contributed by atoms with van der Waals surface area (Å²) in [7, 11) is 28.0. The molecule has 0 unspecified atom stereocenters. The van der Waals surface area contributed by atoms with E-state index < -0.39 is 0 Å². The van der Waals surface area contributed by atoms with Crippen LogP contribution in [0.25, 0.3) is 42.5 Å². The molecule has 26 heavy (non-hydrogen) atoms. The Balaban J connectivity index is -0.0000000139. The molecule has 8 nitrogen and oxygen atoms in total. The Morgan fingerprint density at radius 3 is 0.192 bits per heavy atom. The molecular weight excluding hydrogens is 406 g/mol. The van der Waals surface area contributed by atoms with Crippen LogP contribution in [0.2, 0.25) is 0 Å². The Morgan fingerprint density at radius 1 is 0.192 bits per heavy atom. The van der Waals surface area contributed by atoms with Gasteiger partial charge in [0.05, 0.1) is 0 Å². The second-order valence-corrected chi connectivity index (χ2v) is 3.58. The predicted octanol–water partition coefficient (Wildman–Crippen LogP) is 4.95. The van der Waals surface area contributed by atoms with E-state index in [9.17, 15) is 0 Å². The number of hydrogen-bond donors (Lipinski definition) is 0. The van der Waals surface area contributed by atoms with Crippen LogP contribution in [0.5, 0.6) is 0 Å². The Kier molecular flexibility index (Phi) is 495. The van der Waals surface area contributed by atoms with E-state index in [1.54, 1.807) is 113 Å². The van der Waals surface area contributed by atoms with E-state index in [1.165, 1.54) is 0 Å². The topological polar surface area (TPSA) is 113 Å². The third-order valence-corrected chi connectivity index (χ3v) is 0. The Bertz CT molecular complexity index is 56.2. The van der Waals surface area contributed by atoms with Crippen molar-refractivity contribution in [3.05, 3.63) is 42.5 Å². The van der Waals surface area contributed by atoms with Crippen molar-refractivity contribution >= 4 is 0 Å². The van der Waals surface area contributed by atoms with Crippen LogP contribution in [0, 0.1) is 0 Å². The maximum atomic E-state index is 3.50. The molecule has 0 rings (SSSR count). The average Bonchev–Trinajstić information content (AvgIpc) is 2.45. The zero-order chi connectivity index (χ0) is 21.7. The summed E-state index contributed by atoms with van der Waals surface area (Å²) in [6.07, 6.45) is 0. The summed E-state index contributed by atoms with van der Waals surface area (Å²) in [5.74, 6) is 0. The van der Waals surface area contributed by atoms with Crippen molar-refractivity contribution in [2.45, 2.75) is 0 Å². The number of rotatable bonds is 0. The largest absolute Gasteiger partial charge is 0.668 e. The van der Waals surface area contributed by atoms with E-state index in [2.05, 4.69) is 42.5 Å². The second-order valence-electron chi connectivity index (χ2n) is 3.58. The fraction of sp³-hybridized carbons (Fsp3) is 1.00. The van der Waals surface area contributed by atoms with Gasteiger partial charge >= 0.3 is 0 Å². The van der Waals surface area contributed by atoms with Crippen LogP contribution in [0.1, 0.15) is 0 Å². The molecule has 0 heterocycles. The van der Waals surface area contributed by atoms with Gasteiger partial charge in [0, 0.05) is 37.1 Å². The molecule has 0 aromatic rings. The van der Waals surface area contributed by atoms with Crippen LogP contribution in [0.4, 0.5) is 0 Å². The zero-order valence-corrected chi connectivity index (χ0v) is 23.3. The molecule has 2 radical (unpaired) electrons. The first kappa shape index (κ1) is 63.2. The number of nitrogens with zero attached hydrogens (tertiary/aromatic N) is 8. The summed E-state index contributed by atoms with van der Waals surface area (Å²) in [4.78, 5) is 0. The fourth-order valence-electron chi connectivity index (χ4n) is 0. The van der Waals surface area contributed by atoms with Gasteiger partial charge in [-0.1, -0.05) is 0 Å². The number of hydrogen-bond acceptors (Lipinski definition) is 0. The van der Waals surface area contributed by atoms with Gasteiger partial charge < -0.3 is 42.5 Å². The minimum atomic E-state index is 0. The standard InChI is InChI=1S/8C2H6N.2V/c8*1-3-2;;/h8*1-2H3;;/q8*-1;;. The normalized spacial score (nSPS) is 5.54. The molecule has 0 aromatic carbocycles. The van der Waals surface area contributed by atoms with Crippen molar-refractivity contribution in [2.75, 3.05) is 113 Å². The van der Waals surface area contributed by atoms with Gasteiger partial charge in [-0.05, 0) is 0 Å². The van der Waals surface area contributed by atoms with E-state index >= 15 is 0 Å². The molecule has 0 saturated heterocycles. The minimum Gasteiger partial charge on any atom is -0.668 e. The maximum Gasteiger partial charge on any atom is 0 e. The molecule has 0 saturated carbocycles. The first-order chi connectivity index (χ1) is 11.3. The van der Waals surface area contributed by atoms with Crippen LogP contribution in [-0.2, 0) is 37.1 Å². The van der Waals surface area contributed by atoms with Crippen molar-refractivity contribution in [2.24, 2.45) is 0 Å². The van der Waals surface area contributed by atoms with E-state index in [4.69, 9.17) is 0 Å². The van der Waals surface area contributed by atoms with Crippen molar-refractivity contribution in [1.29, 1.82) is 0 Å². The van der Waals surface area contributed by atoms with E-state index in [1.807, 2.05) is 0 Å². The predicted molar refractivity (Wildman–Crippen MR) is 122 cm³/mol. The summed E-state index contributed by atoms with van der Waals surface area (Å²) in [6, 6.07) is 0. The summed E-state index contributed by atoms with van der Waals surface area (Å²) in [5.41, 5.74) is 0. The van der Waals surface area contributed by atoms with E-state index in [0.717, 1.165) is 0 Å². The first-order valence-corrected chi connectivity index (χ1v) is 7.16. The molecule has 0 amide bonds. The van der Waals surface area contributed by atoms with Crippen molar-refractivity contribution in [1.82, 2.24) is 0 Å². The summed E-state index contributed by atoms with van der Waals surface area (Å²) in [5, 5.41) is 28.0. The third-order valence-electron chi connectivity index (χ3n) is 0. The van der Waals surface area contributed by atoms with Crippen LogP contribution in [-0.4, -0.2) is 113 Å². The van der Waals surface area contributed by atoms with Gasteiger partial charge in [-0.15, -0.1) is 0 Å². The summed E-state index contributed by atoms with van der Waals surface area (Å²) < 4.78 is 0. The van der Waals surface area contributed by atoms with Crippen LogP contribution in [0.3, 0.4) is 0 Å². The summed E-state index contributed by atoms with van der Waals surface area (Å²) >= 11 is 0. The van der Waals surface area contributed by atoms with Gasteiger partial charge in [0.1, 0.15) is 0 Å². The zero-order valence-electron chi connectivity index (χ0n) is 20.5. The molecule has 0 bridgehead atoms. The third kappa shape index (κ3) is 19600. The average molecular weight is 455 g/mol. The molecule has 0 atom stereocenters. The van der Waals surface area contributed by atoms with Gasteiger partial charge in [-0.25, -0.2) is 0 Å². The Hall–Kier alpha value is 0.849. The van der Waals surface area contributed by atoms with E-state index in [-0.39, 0.29) is 37.1 Å². The van der Waals surface area contributed by atoms with Gasteiger partial charge in [0.2, 0.25) is 0 Å². The van der Waals surface area contributed by atoms with Gasteiger partial charge in [-0.3, -0.25) is 0 Å². The van der Waals surface area contributed by atoms with Crippen LogP contribution in [0.15, 0.2) is 0 Å². The molecule has 10 heteroatoms. The maximum absolute atomic E-state index is 3.50. The van der Waals surface area contributed by atoms with Gasteiger partial charge in [0.25, 0.3) is 0 Å². The minimum absolute atomic E-state index is 0. The van der Waals surface area contributed by atoms with Crippen LogP contribution < -0.4 is 0 Å². The first-order valence-electron chi connectivity index (χ1n) is 7.16. The molecule has 0 aliphatic heterocycles. The van der Waals surface area contributed by atoms with E-state index in [0.29, 0.717) is 0 Å². The molecular formula is C16H48N8V2-8. The molecule has 0 aliphatic rings. The second kappa shape index (κ2) is 204. The molecule has 0 N–H and O–H groups in total.